The summed E-state index contributed by atoms with van der Waals surface area (Å²) in [5.41, 5.74) is 2.62. The Labute approximate surface area is 120 Å². The molecule has 5 rings (SSSR count). The molecule has 1 amide bonds. The van der Waals surface area contributed by atoms with Crippen molar-refractivity contribution in [3.63, 3.8) is 0 Å². The first-order valence-corrected chi connectivity index (χ1v) is 7.92. The van der Waals surface area contributed by atoms with Crippen LogP contribution < -0.4 is 5.32 Å². The molecule has 2 bridgehead atoms. The summed E-state index contributed by atoms with van der Waals surface area (Å²) < 4.78 is 0. The van der Waals surface area contributed by atoms with Crippen LogP contribution >= 0.6 is 0 Å². The van der Waals surface area contributed by atoms with Crippen LogP contribution in [0.4, 0.5) is 0 Å². The Morgan fingerprint density at radius 3 is 2.70 bits per heavy atom. The Morgan fingerprint density at radius 1 is 1.15 bits per heavy atom. The minimum atomic E-state index is 0.0849. The van der Waals surface area contributed by atoms with E-state index in [0.29, 0.717) is 12.0 Å². The SMILES string of the molecule is O=C(NC1CN2CCC1CC2)C1CCc2ccccc21. The number of hydrogen-bond donors (Lipinski definition) is 1. The van der Waals surface area contributed by atoms with E-state index in [1.165, 1.54) is 37.1 Å². The van der Waals surface area contributed by atoms with E-state index >= 15 is 0 Å². The zero-order valence-electron chi connectivity index (χ0n) is 11.8. The van der Waals surface area contributed by atoms with Crippen molar-refractivity contribution in [1.82, 2.24) is 10.2 Å². The summed E-state index contributed by atoms with van der Waals surface area (Å²) in [6, 6.07) is 8.81. The van der Waals surface area contributed by atoms with Crippen LogP contribution in [-0.2, 0) is 11.2 Å². The Morgan fingerprint density at radius 2 is 1.95 bits per heavy atom. The molecule has 0 saturated carbocycles. The number of rotatable bonds is 2. The van der Waals surface area contributed by atoms with Gasteiger partial charge >= 0.3 is 0 Å². The number of nitrogens with one attached hydrogen (secondary N) is 1. The molecule has 1 aromatic carbocycles. The van der Waals surface area contributed by atoms with Crippen molar-refractivity contribution in [2.24, 2.45) is 5.92 Å². The van der Waals surface area contributed by atoms with Gasteiger partial charge in [0.15, 0.2) is 0 Å². The minimum absolute atomic E-state index is 0.0849. The summed E-state index contributed by atoms with van der Waals surface area (Å²) in [6.07, 6.45) is 4.54. The predicted molar refractivity (Wildman–Crippen MR) is 78.6 cm³/mol. The average molecular weight is 270 g/mol. The third-order valence-corrected chi connectivity index (χ3v) is 5.43. The molecule has 3 fully saturated rings. The fourth-order valence-electron chi connectivity index (χ4n) is 4.24. The van der Waals surface area contributed by atoms with E-state index in [4.69, 9.17) is 0 Å². The number of aryl methyl sites for hydroxylation is 1. The maximum absolute atomic E-state index is 12.6. The second-order valence-corrected chi connectivity index (χ2v) is 6.54. The highest BCUT2D eigenvalue weighted by molar-refractivity contribution is 5.85. The highest BCUT2D eigenvalue weighted by Crippen LogP contribution is 2.34. The number of amides is 1. The minimum Gasteiger partial charge on any atom is -0.351 e. The normalized spacial score (nSPS) is 34.8. The molecule has 0 aromatic heterocycles. The summed E-state index contributed by atoms with van der Waals surface area (Å²) in [6.45, 7) is 3.51. The number of carbonyl (C=O) groups is 1. The van der Waals surface area contributed by atoms with Crippen LogP contribution in [0.15, 0.2) is 24.3 Å². The van der Waals surface area contributed by atoms with Crippen LogP contribution in [0, 0.1) is 5.92 Å². The smallest absolute Gasteiger partial charge is 0.227 e. The number of piperidine rings is 3. The molecule has 20 heavy (non-hydrogen) atoms. The summed E-state index contributed by atoms with van der Waals surface area (Å²) in [7, 11) is 0. The lowest BCUT2D eigenvalue weighted by molar-refractivity contribution is -0.124. The highest BCUT2D eigenvalue weighted by Gasteiger charge is 2.37. The van der Waals surface area contributed by atoms with Gasteiger partial charge in [0.25, 0.3) is 0 Å². The lowest BCUT2D eigenvalue weighted by Crippen LogP contribution is -2.57. The largest absolute Gasteiger partial charge is 0.351 e. The Balaban J connectivity index is 1.46. The van der Waals surface area contributed by atoms with Crippen LogP contribution in [0.25, 0.3) is 0 Å². The van der Waals surface area contributed by atoms with Crippen molar-refractivity contribution < 1.29 is 4.79 Å². The van der Waals surface area contributed by atoms with E-state index in [2.05, 4.69) is 34.5 Å². The van der Waals surface area contributed by atoms with Gasteiger partial charge in [0.1, 0.15) is 0 Å². The molecule has 2 unspecified atom stereocenters. The molecule has 3 nitrogen and oxygen atoms in total. The second-order valence-electron chi connectivity index (χ2n) is 6.54. The first-order chi connectivity index (χ1) is 9.81. The lowest BCUT2D eigenvalue weighted by atomic mass is 9.83. The summed E-state index contributed by atoms with van der Waals surface area (Å²) in [5, 5.41) is 3.35. The van der Waals surface area contributed by atoms with Crippen LogP contribution in [0.2, 0.25) is 0 Å². The molecule has 0 radical (unpaired) electrons. The summed E-state index contributed by atoms with van der Waals surface area (Å²) in [4.78, 5) is 15.1. The quantitative estimate of drug-likeness (QED) is 0.890. The van der Waals surface area contributed by atoms with Crippen molar-refractivity contribution in [2.75, 3.05) is 19.6 Å². The standard InChI is InChI=1S/C17H22N2O/c20-17(15-6-5-12-3-1-2-4-14(12)15)18-16-11-19-9-7-13(16)8-10-19/h1-4,13,15-16H,5-11H2,(H,18,20). The van der Waals surface area contributed by atoms with Crippen LogP contribution in [-0.4, -0.2) is 36.5 Å². The number of hydrogen-bond acceptors (Lipinski definition) is 2. The van der Waals surface area contributed by atoms with Gasteiger partial charge in [-0.25, -0.2) is 0 Å². The third-order valence-electron chi connectivity index (χ3n) is 5.43. The van der Waals surface area contributed by atoms with Gasteiger partial charge in [0.05, 0.1) is 5.92 Å². The van der Waals surface area contributed by atoms with Crippen molar-refractivity contribution in [1.29, 1.82) is 0 Å². The van der Waals surface area contributed by atoms with E-state index in [-0.39, 0.29) is 11.8 Å². The summed E-state index contributed by atoms with van der Waals surface area (Å²) >= 11 is 0. The zero-order chi connectivity index (χ0) is 13.5. The Bertz CT molecular complexity index is 519. The maximum atomic E-state index is 12.6. The van der Waals surface area contributed by atoms with Crippen LogP contribution in [0.5, 0.6) is 0 Å². The topological polar surface area (TPSA) is 32.3 Å². The van der Waals surface area contributed by atoms with Crippen molar-refractivity contribution in [3.05, 3.63) is 35.4 Å². The maximum Gasteiger partial charge on any atom is 0.227 e. The zero-order valence-corrected chi connectivity index (χ0v) is 11.8. The Kier molecular flexibility index (Phi) is 3.03. The van der Waals surface area contributed by atoms with E-state index in [9.17, 15) is 4.79 Å². The average Bonchev–Trinajstić information content (AvgIpc) is 2.92. The molecule has 3 aliphatic heterocycles. The first-order valence-electron chi connectivity index (χ1n) is 7.92. The van der Waals surface area contributed by atoms with Crippen molar-refractivity contribution >= 4 is 5.91 Å². The molecular formula is C17H22N2O. The monoisotopic (exact) mass is 270 g/mol. The number of carbonyl (C=O) groups excluding carboxylic acids is 1. The second kappa shape index (κ2) is 4.88. The van der Waals surface area contributed by atoms with Gasteiger partial charge < -0.3 is 10.2 Å². The van der Waals surface area contributed by atoms with E-state index in [1.807, 2.05) is 0 Å². The van der Waals surface area contributed by atoms with Crippen molar-refractivity contribution in [2.45, 2.75) is 37.6 Å². The predicted octanol–water partition coefficient (Wildman–Crippen LogP) is 1.93. The van der Waals surface area contributed by atoms with E-state index in [0.717, 1.165) is 19.4 Å². The van der Waals surface area contributed by atoms with Crippen molar-refractivity contribution in [3.8, 4) is 0 Å². The molecule has 3 heteroatoms. The molecule has 3 heterocycles. The third kappa shape index (κ3) is 2.05. The van der Waals surface area contributed by atoms with Gasteiger partial charge in [0, 0.05) is 12.6 Å². The van der Waals surface area contributed by atoms with Gasteiger partial charge in [0.2, 0.25) is 5.91 Å². The molecule has 0 spiro atoms. The van der Waals surface area contributed by atoms with Crippen LogP contribution in [0.3, 0.4) is 0 Å². The number of benzene rings is 1. The molecule has 1 aromatic rings. The highest BCUT2D eigenvalue weighted by atomic mass is 16.2. The van der Waals surface area contributed by atoms with E-state index in [1.54, 1.807) is 0 Å². The van der Waals surface area contributed by atoms with Gasteiger partial charge in [-0.2, -0.15) is 0 Å². The molecule has 3 saturated heterocycles. The van der Waals surface area contributed by atoms with E-state index < -0.39 is 0 Å². The summed E-state index contributed by atoms with van der Waals surface area (Å²) in [5.74, 6) is 1.05. The van der Waals surface area contributed by atoms with Crippen LogP contribution in [0.1, 0.15) is 36.3 Å². The first kappa shape index (κ1) is 12.4. The Hall–Kier alpha value is -1.35. The van der Waals surface area contributed by atoms with Gasteiger partial charge in [-0.3, -0.25) is 4.79 Å². The van der Waals surface area contributed by atoms with Gasteiger partial charge in [-0.05, 0) is 55.8 Å². The molecule has 4 aliphatic rings. The number of nitrogens with zero attached hydrogens (tertiary/aromatic N) is 1. The molecule has 106 valence electrons. The van der Waals surface area contributed by atoms with Gasteiger partial charge in [-0.1, -0.05) is 24.3 Å². The fourth-order valence-corrected chi connectivity index (χ4v) is 4.24. The molecule has 1 aliphatic carbocycles. The van der Waals surface area contributed by atoms with Gasteiger partial charge in [-0.15, -0.1) is 0 Å². The lowest BCUT2D eigenvalue weighted by Gasteiger charge is -2.45. The molecule has 2 atom stereocenters. The fraction of sp³-hybridized carbons (Fsp3) is 0.588. The number of fused-ring (bicyclic) bond motifs is 4. The molecular weight excluding hydrogens is 248 g/mol. The molecule has 1 N–H and O–H groups in total.